The van der Waals surface area contributed by atoms with Gasteiger partial charge in [-0.15, -0.1) is 0 Å². The molecular weight excluding hydrogens is 148 g/mol. The molecule has 1 atom stereocenters. The molecule has 0 aliphatic heterocycles. The Labute approximate surface area is 74.1 Å². The average Bonchev–Trinajstić information content (AvgIpc) is 2.04. The lowest BCUT2D eigenvalue weighted by Crippen LogP contribution is -2.09. The van der Waals surface area contributed by atoms with Crippen LogP contribution in [0.3, 0.4) is 0 Å². The lowest BCUT2D eigenvalue weighted by molar-refractivity contribution is 0.226. The molecule has 1 unspecified atom stereocenters. The molecule has 0 aromatic carbocycles. The molecule has 0 saturated carbocycles. The van der Waals surface area contributed by atoms with E-state index in [-0.39, 0.29) is 6.10 Å². The first-order valence-corrected chi connectivity index (χ1v) is 4.36. The van der Waals surface area contributed by atoms with Crippen LogP contribution in [0.5, 0.6) is 0 Å². The molecule has 0 aromatic rings. The molecule has 1 nitrogen and oxygen atoms in total. The normalized spacial score (nSPS) is 19.6. The van der Waals surface area contributed by atoms with Gasteiger partial charge in [0.1, 0.15) is 0 Å². The standard InChI is InChI=1S/C11H16O/c1-8(2)10-6-4-5-7-11(10)9(3)12/h4,6,9,12H,1,5,7H2,2-3H3. The van der Waals surface area contributed by atoms with Gasteiger partial charge < -0.3 is 5.11 Å². The summed E-state index contributed by atoms with van der Waals surface area (Å²) in [5.41, 5.74) is 3.31. The Balaban J connectivity index is 3.00. The SMILES string of the molecule is C=C(C)C1=C(C(C)O)CCC=C1. The molecule has 0 saturated heterocycles. The van der Waals surface area contributed by atoms with Crippen LogP contribution >= 0.6 is 0 Å². The van der Waals surface area contributed by atoms with E-state index in [2.05, 4.69) is 18.7 Å². The second kappa shape index (κ2) is 3.72. The van der Waals surface area contributed by atoms with Crippen LogP contribution in [0.1, 0.15) is 26.7 Å². The zero-order valence-electron chi connectivity index (χ0n) is 7.80. The first kappa shape index (κ1) is 9.27. The summed E-state index contributed by atoms with van der Waals surface area (Å²) in [6, 6.07) is 0. The molecule has 1 aliphatic carbocycles. The molecule has 1 N–H and O–H groups in total. The van der Waals surface area contributed by atoms with E-state index in [1.807, 2.05) is 13.8 Å². The summed E-state index contributed by atoms with van der Waals surface area (Å²) in [5.74, 6) is 0. The smallest absolute Gasteiger partial charge is 0.0730 e. The van der Waals surface area contributed by atoms with Gasteiger partial charge in [-0.3, -0.25) is 0 Å². The van der Waals surface area contributed by atoms with Gasteiger partial charge >= 0.3 is 0 Å². The van der Waals surface area contributed by atoms with Crippen molar-refractivity contribution in [1.29, 1.82) is 0 Å². The Kier molecular flexibility index (Phi) is 2.88. The van der Waals surface area contributed by atoms with Gasteiger partial charge in [0, 0.05) is 0 Å². The van der Waals surface area contributed by atoms with Crippen molar-refractivity contribution in [3.8, 4) is 0 Å². The van der Waals surface area contributed by atoms with Gasteiger partial charge in [-0.25, -0.2) is 0 Å². The van der Waals surface area contributed by atoms with E-state index in [9.17, 15) is 5.11 Å². The van der Waals surface area contributed by atoms with E-state index in [1.165, 1.54) is 0 Å². The maximum absolute atomic E-state index is 9.46. The fourth-order valence-electron chi connectivity index (χ4n) is 1.53. The largest absolute Gasteiger partial charge is 0.389 e. The predicted octanol–water partition coefficient (Wildman–Crippen LogP) is 2.59. The number of aliphatic hydroxyl groups excluding tert-OH is 1. The van der Waals surface area contributed by atoms with Crippen LogP contribution < -0.4 is 0 Å². The summed E-state index contributed by atoms with van der Waals surface area (Å²) in [5, 5.41) is 9.46. The number of hydrogen-bond acceptors (Lipinski definition) is 1. The van der Waals surface area contributed by atoms with Gasteiger partial charge in [0.05, 0.1) is 6.10 Å². The van der Waals surface area contributed by atoms with Gasteiger partial charge in [-0.1, -0.05) is 24.3 Å². The van der Waals surface area contributed by atoms with Crippen LogP contribution in [0.25, 0.3) is 0 Å². The topological polar surface area (TPSA) is 20.2 Å². The van der Waals surface area contributed by atoms with E-state index < -0.39 is 0 Å². The summed E-state index contributed by atoms with van der Waals surface area (Å²) in [4.78, 5) is 0. The monoisotopic (exact) mass is 164 g/mol. The van der Waals surface area contributed by atoms with Gasteiger partial charge in [0.15, 0.2) is 0 Å². The summed E-state index contributed by atoms with van der Waals surface area (Å²) in [6.45, 7) is 7.69. The minimum Gasteiger partial charge on any atom is -0.389 e. The van der Waals surface area contributed by atoms with Crippen molar-refractivity contribution in [2.75, 3.05) is 0 Å². The van der Waals surface area contributed by atoms with Crippen LogP contribution in [-0.4, -0.2) is 11.2 Å². The highest BCUT2D eigenvalue weighted by atomic mass is 16.3. The predicted molar refractivity (Wildman–Crippen MR) is 51.9 cm³/mol. The minimum absolute atomic E-state index is 0.332. The van der Waals surface area contributed by atoms with Crippen molar-refractivity contribution < 1.29 is 5.11 Å². The van der Waals surface area contributed by atoms with Crippen LogP contribution in [0.2, 0.25) is 0 Å². The minimum atomic E-state index is -0.332. The van der Waals surface area contributed by atoms with Crippen LogP contribution in [-0.2, 0) is 0 Å². The molecule has 1 rings (SSSR count). The maximum Gasteiger partial charge on any atom is 0.0730 e. The van der Waals surface area contributed by atoms with E-state index in [0.717, 1.165) is 29.6 Å². The molecule has 12 heavy (non-hydrogen) atoms. The first-order chi connectivity index (χ1) is 5.63. The molecule has 0 amide bonds. The second-order valence-corrected chi connectivity index (χ2v) is 3.34. The summed E-state index contributed by atoms with van der Waals surface area (Å²) in [7, 11) is 0. The fraction of sp³-hybridized carbons (Fsp3) is 0.455. The summed E-state index contributed by atoms with van der Waals surface area (Å²) in [6.07, 6.45) is 5.87. The summed E-state index contributed by atoms with van der Waals surface area (Å²) < 4.78 is 0. The van der Waals surface area contributed by atoms with E-state index in [0.29, 0.717) is 0 Å². The maximum atomic E-state index is 9.46. The van der Waals surface area contributed by atoms with Crippen LogP contribution in [0.15, 0.2) is 35.5 Å². The lowest BCUT2D eigenvalue weighted by Gasteiger charge is -2.18. The number of allylic oxidation sites excluding steroid dienone is 4. The first-order valence-electron chi connectivity index (χ1n) is 4.36. The summed E-state index contributed by atoms with van der Waals surface area (Å²) >= 11 is 0. The van der Waals surface area contributed by atoms with Crippen molar-refractivity contribution in [2.45, 2.75) is 32.8 Å². The Morgan fingerprint density at radius 3 is 2.75 bits per heavy atom. The molecule has 0 bridgehead atoms. The van der Waals surface area contributed by atoms with Crippen molar-refractivity contribution in [1.82, 2.24) is 0 Å². The molecule has 1 aliphatic rings. The van der Waals surface area contributed by atoms with Crippen molar-refractivity contribution >= 4 is 0 Å². The van der Waals surface area contributed by atoms with Crippen LogP contribution in [0, 0.1) is 0 Å². The zero-order valence-corrected chi connectivity index (χ0v) is 7.80. The molecule has 1 heteroatoms. The number of aliphatic hydroxyl groups is 1. The van der Waals surface area contributed by atoms with E-state index in [1.54, 1.807) is 0 Å². The number of rotatable bonds is 2. The van der Waals surface area contributed by atoms with Crippen molar-refractivity contribution in [2.24, 2.45) is 0 Å². The highest BCUT2D eigenvalue weighted by Crippen LogP contribution is 2.25. The Bertz CT molecular complexity index is 244. The third-order valence-corrected chi connectivity index (χ3v) is 2.17. The second-order valence-electron chi connectivity index (χ2n) is 3.34. The van der Waals surface area contributed by atoms with Crippen LogP contribution in [0.4, 0.5) is 0 Å². The van der Waals surface area contributed by atoms with E-state index >= 15 is 0 Å². The third kappa shape index (κ3) is 1.86. The van der Waals surface area contributed by atoms with Gasteiger partial charge in [0.2, 0.25) is 0 Å². The molecule has 0 heterocycles. The highest BCUT2D eigenvalue weighted by molar-refractivity contribution is 5.44. The highest BCUT2D eigenvalue weighted by Gasteiger charge is 2.12. The number of hydrogen-bond donors (Lipinski definition) is 1. The molecule has 0 spiro atoms. The Hall–Kier alpha value is -0.820. The Morgan fingerprint density at radius 1 is 1.67 bits per heavy atom. The molecule has 0 radical (unpaired) electrons. The fourth-order valence-corrected chi connectivity index (χ4v) is 1.53. The molecule has 0 aromatic heterocycles. The lowest BCUT2D eigenvalue weighted by atomic mass is 9.91. The van der Waals surface area contributed by atoms with E-state index in [4.69, 9.17) is 0 Å². The molecule has 66 valence electrons. The van der Waals surface area contributed by atoms with Crippen molar-refractivity contribution in [3.05, 3.63) is 35.5 Å². The average molecular weight is 164 g/mol. The third-order valence-electron chi connectivity index (χ3n) is 2.17. The van der Waals surface area contributed by atoms with Gasteiger partial charge in [0.25, 0.3) is 0 Å². The molecule has 0 fully saturated rings. The van der Waals surface area contributed by atoms with Gasteiger partial charge in [-0.05, 0) is 37.8 Å². The molecular formula is C11H16O. The van der Waals surface area contributed by atoms with Gasteiger partial charge in [-0.2, -0.15) is 0 Å². The van der Waals surface area contributed by atoms with Crippen molar-refractivity contribution in [3.63, 3.8) is 0 Å². The zero-order chi connectivity index (χ0) is 9.14. The Morgan fingerprint density at radius 2 is 2.33 bits per heavy atom. The quantitative estimate of drug-likeness (QED) is 0.665.